The van der Waals surface area contributed by atoms with Crippen LogP contribution in [0.5, 0.6) is 0 Å². The Hall–Kier alpha value is -0.900. The molecule has 0 saturated heterocycles. The Bertz CT molecular complexity index is 383. The molecule has 102 valence electrons. The SMILES string of the molecule is CC1CC(NCCc2nncn2C)CC(C)(C)C1. The molecule has 1 heterocycles. The Kier molecular flexibility index (Phi) is 4.05. The normalized spacial score (nSPS) is 27.3. The van der Waals surface area contributed by atoms with Crippen LogP contribution in [0.4, 0.5) is 0 Å². The van der Waals surface area contributed by atoms with Gasteiger partial charge >= 0.3 is 0 Å². The van der Waals surface area contributed by atoms with Gasteiger partial charge in [-0.15, -0.1) is 10.2 Å². The molecule has 2 atom stereocenters. The van der Waals surface area contributed by atoms with E-state index in [0.29, 0.717) is 11.5 Å². The van der Waals surface area contributed by atoms with Crippen molar-refractivity contribution < 1.29 is 0 Å². The molecule has 4 heteroatoms. The quantitative estimate of drug-likeness (QED) is 0.890. The van der Waals surface area contributed by atoms with Gasteiger partial charge in [-0.05, 0) is 30.6 Å². The smallest absolute Gasteiger partial charge is 0.133 e. The van der Waals surface area contributed by atoms with Crippen LogP contribution in [0, 0.1) is 11.3 Å². The topological polar surface area (TPSA) is 42.7 Å². The number of nitrogens with zero attached hydrogens (tertiary/aromatic N) is 3. The van der Waals surface area contributed by atoms with Gasteiger partial charge in [0, 0.05) is 26.1 Å². The summed E-state index contributed by atoms with van der Waals surface area (Å²) < 4.78 is 2.00. The zero-order valence-corrected chi connectivity index (χ0v) is 12.1. The van der Waals surface area contributed by atoms with Gasteiger partial charge in [-0.3, -0.25) is 0 Å². The summed E-state index contributed by atoms with van der Waals surface area (Å²) in [4.78, 5) is 0. The van der Waals surface area contributed by atoms with E-state index in [-0.39, 0.29) is 0 Å². The number of aromatic nitrogens is 3. The number of aryl methyl sites for hydroxylation is 1. The maximum Gasteiger partial charge on any atom is 0.133 e. The molecular weight excluding hydrogens is 224 g/mol. The summed E-state index contributed by atoms with van der Waals surface area (Å²) in [6.45, 7) is 8.15. The maximum absolute atomic E-state index is 4.11. The lowest BCUT2D eigenvalue weighted by Gasteiger charge is -2.39. The molecule has 0 aliphatic heterocycles. The van der Waals surface area contributed by atoms with Crippen LogP contribution in [0.2, 0.25) is 0 Å². The third-order valence-electron chi connectivity index (χ3n) is 3.97. The number of rotatable bonds is 4. The first-order valence-corrected chi connectivity index (χ1v) is 7.02. The van der Waals surface area contributed by atoms with Crippen molar-refractivity contribution in [2.24, 2.45) is 18.4 Å². The first-order chi connectivity index (χ1) is 8.46. The molecule has 0 amide bonds. The summed E-state index contributed by atoms with van der Waals surface area (Å²) in [7, 11) is 2.00. The van der Waals surface area contributed by atoms with Gasteiger partial charge in [-0.2, -0.15) is 0 Å². The second kappa shape index (κ2) is 5.39. The summed E-state index contributed by atoms with van der Waals surface area (Å²) >= 11 is 0. The Morgan fingerprint density at radius 3 is 2.83 bits per heavy atom. The summed E-state index contributed by atoms with van der Waals surface area (Å²) in [5, 5.41) is 11.7. The van der Waals surface area contributed by atoms with Gasteiger partial charge in [0.2, 0.25) is 0 Å². The highest BCUT2D eigenvalue weighted by atomic mass is 15.2. The van der Waals surface area contributed by atoms with E-state index in [0.717, 1.165) is 24.7 Å². The van der Waals surface area contributed by atoms with E-state index in [1.165, 1.54) is 19.3 Å². The van der Waals surface area contributed by atoms with Crippen LogP contribution in [-0.4, -0.2) is 27.4 Å². The minimum Gasteiger partial charge on any atom is -0.321 e. The zero-order chi connectivity index (χ0) is 13.2. The number of nitrogens with one attached hydrogen (secondary N) is 1. The molecule has 2 rings (SSSR count). The van der Waals surface area contributed by atoms with Crippen molar-refractivity contribution in [1.29, 1.82) is 0 Å². The highest BCUT2D eigenvalue weighted by Crippen LogP contribution is 2.38. The van der Waals surface area contributed by atoms with Crippen molar-refractivity contribution in [2.75, 3.05) is 6.54 Å². The van der Waals surface area contributed by atoms with Crippen LogP contribution in [0.15, 0.2) is 6.33 Å². The average molecular weight is 250 g/mol. The van der Waals surface area contributed by atoms with Gasteiger partial charge in [-0.1, -0.05) is 20.8 Å². The monoisotopic (exact) mass is 250 g/mol. The largest absolute Gasteiger partial charge is 0.321 e. The molecule has 4 nitrogen and oxygen atoms in total. The number of hydrogen-bond acceptors (Lipinski definition) is 3. The van der Waals surface area contributed by atoms with Crippen LogP contribution in [0.25, 0.3) is 0 Å². The molecule has 18 heavy (non-hydrogen) atoms. The highest BCUT2D eigenvalue weighted by molar-refractivity contribution is 4.89. The van der Waals surface area contributed by atoms with Crippen LogP contribution in [0.1, 0.15) is 45.9 Å². The van der Waals surface area contributed by atoms with Gasteiger partial charge in [-0.25, -0.2) is 0 Å². The van der Waals surface area contributed by atoms with Gasteiger partial charge in [0.1, 0.15) is 12.2 Å². The molecule has 0 radical (unpaired) electrons. The molecule has 1 fully saturated rings. The molecule has 1 aliphatic carbocycles. The van der Waals surface area contributed by atoms with Crippen molar-refractivity contribution in [3.8, 4) is 0 Å². The molecular formula is C14H26N4. The molecule has 1 aliphatic rings. The maximum atomic E-state index is 4.11. The standard InChI is InChI=1S/C14H26N4/c1-11-7-12(9-14(2,3)8-11)15-6-5-13-17-16-10-18(13)4/h10-12,15H,5-9H2,1-4H3. The van der Waals surface area contributed by atoms with Crippen molar-refractivity contribution >= 4 is 0 Å². The van der Waals surface area contributed by atoms with E-state index in [9.17, 15) is 0 Å². The van der Waals surface area contributed by atoms with Crippen LogP contribution in [-0.2, 0) is 13.5 Å². The van der Waals surface area contributed by atoms with Gasteiger partial charge < -0.3 is 9.88 Å². The fraction of sp³-hybridized carbons (Fsp3) is 0.857. The average Bonchev–Trinajstić information content (AvgIpc) is 2.61. The second-order valence-corrected chi connectivity index (χ2v) is 6.67. The minimum atomic E-state index is 0.486. The van der Waals surface area contributed by atoms with E-state index in [1.807, 2.05) is 11.6 Å². The lowest BCUT2D eigenvalue weighted by Crippen LogP contribution is -2.41. The molecule has 0 spiro atoms. The van der Waals surface area contributed by atoms with E-state index in [2.05, 4.69) is 36.3 Å². The zero-order valence-electron chi connectivity index (χ0n) is 12.1. The lowest BCUT2D eigenvalue weighted by atomic mass is 9.70. The summed E-state index contributed by atoms with van der Waals surface area (Å²) in [5.74, 6) is 1.90. The Morgan fingerprint density at radius 2 is 2.22 bits per heavy atom. The van der Waals surface area contributed by atoms with E-state index in [4.69, 9.17) is 0 Å². The molecule has 1 aromatic heterocycles. The van der Waals surface area contributed by atoms with Crippen molar-refractivity contribution in [3.63, 3.8) is 0 Å². The fourth-order valence-corrected chi connectivity index (χ4v) is 3.42. The van der Waals surface area contributed by atoms with E-state index in [1.54, 1.807) is 6.33 Å². The van der Waals surface area contributed by atoms with Crippen molar-refractivity contribution in [2.45, 2.75) is 52.5 Å². The summed E-state index contributed by atoms with van der Waals surface area (Å²) in [6.07, 6.45) is 6.68. The van der Waals surface area contributed by atoms with Crippen LogP contribution in [0.3, 0.4) is 0 Å². The third kappa shape index (κ3) is 3.55. The van der Waals surface area contributed by atoms with Crippen LogP contribution < -0.4 is 5.32 Å². The predicted molar refractivity (Wildman–Crippen MR) is 73.3 cm³/mol. The Balaban J connectivity index is 1.78. The predicted octanol–water partition coefficient (Wildman–Crippen LogP) is 2.16. The first kappa shape index (κ1) is 13.5. The molecule has 0 aromatic carbocycles. The minimum absolute atomic E-state index is 0.486. The third-order valence-corrected chi connectivity index (χ3v) is 3.97. The molecule has 1 saturated carbocycles. The van der Waals surface area contributed by atoms with Gasteiger partial charge in [0.15, 0.2) is 0 Å². The van der Waals surface area contributed by atoms with E-state index >= 15 is 0 Å². The van der Waals surface area contributed by atoms with Crippen molar-refractivity contribution in [1.82, 2.24) is 20.1 Å². The van der Waals surface area contributed by atoms with Gasteiger partial charge in [0.05, 0.1) is 0 Å². The highest BCUT2D eigenvalue weighted by Gasteiger charge is 2.31. The lowest BCUT2D eigenvalue weighted by molar-refractivity contribution is 0.152. The second-order valence-electron chi connectivity index (χ2n) is 6.67. The van der Waals surface area contributed by atoms with E-state index < -0.39 is 0 Å². The summed E-state index contributed by atoms with van der Waals surface area (Å²) in [6, 6.07) is 0.664. The molecule has 1 N–H and O–H groups in total. The van der Waals surface area contributed by atoms with Crippen molar-refractivity contribution in [3.05, 3.63) is 12.2 Å². The summed E-state index contributed by atoms with van der Waals surface area (Å²) in [5.41, 5.74) is 0.486. The fourth-order valence-electron chi connectivity index (χ4n) is 3.42. The van der Waals surface area contributed by atoms with Crippen LogP contribution >= 0.6 is 0 Å². The van der Waals surface area contributed by atoms with Gasteiger partial charge in [0.25, 0.3) is 0 Å². The molecule has 2 unspecified atom stereocenters. The Labute approximate surface area is 110 Å². The molecule has 0 bridgehead atoms. The first-order valence-electron chi connectivity index (χ1n) is 7.02. The number of hydrogen-bond donors (Lipinski definition) is 1. The Morgan fingerprint density at radius 1 is 1.44 bits per heavy atom. The molecule has 1 aromatic rings.